The van der Waals surface area contributed by atoms with Crippen LogP contribution in [0.15, 0.2) is 35.5 Å². The SMILES string of the molecule is CN=C(NCCOc1cccc(NC(C)=O)c1)N(C)Cc1cn(C)nc1C(C)C. The zero-order chi connectivity index (χ0) is 21.4. The van der Waals surface area contributed by atoms with E-state index in [2.05, 4.69) is 45.7 Å². The van der Waals surface area contributed by atoms with Crippen LogP contribution >= 0.6 is 0 Å². The summed E-state index contributed by atoms with van der Waals surface area (Å²) in [6, 6.07) is 7.34. The lowest BCUT2D eigenvalue weighted by atomic mass is 10.1. The van der Waals surface area contributed by atoms with E-state index in [9.17, 15) is 4.79 Å². The van der Waals surface area contributed by atoms with Crippen molar-refractivity contribution in [3.8, 4) is 5.75 Å². The van der Waals surface area contributed by atoms with Gasteiger partial charge in [-0.15, -0.1) is 0 Å². The van der Waals surface area contributed by atoms with Crippen LogP contribution in [-0.2, 0) is 18.4 Å². The molecule has 0 radical (unpaired) electrons. The second-order valence-electron chi connectivity index (χ2n) is 7.26. The first kappa shape index (κ1) is 22.3. The Kier molecular flexibility index (Phi) is 8.06. The molecule has 1 aromatic heterocycles. The summed E-state index contributed by atoms with van der Waals surface area (Å²) in [6.07, 6.45) is 2.06. The van der Waals surface area contributed by atoms with Gasteiger partial charge < -0.3 is 20.3 Å². The largest absolute Gasteiger partial charge is 0.492 e. The zero-order valence-electron chi connectivity index (χ0n) is 18.2. The Hall–Kier alpha value is -3.03. The van der Waals surface area contributed by atoms with E-state index in [1.54, 1.807) is 13.1 Å². The van der Waals surface area contributed by atoms with Gasteiger partial charge in [0.15, 0.2) is 5.96 Å². The molecule has 0 aliphatic carbocycles. The highest BCUT2D eigenvalue weighted by Gasteiger charge is 2.15. The number of aryl methyl sites for hydroxylation is 1. The Labute approximate surface area is 173 Å². The van der Waals surface area contributed by atoms with Crippen molar-refractivity contribution in [3.63, 3.8) is 0 Å². The first-order valence-electron chi connectivity index (χ1n) is 9.74. The molecule has 0 saturated carbocycles. The first-order chi connectivity index (χ1) is 13.8. The molecule has 0 atom stereocenters. The normalized spacial score (nSPS) is 11.5. The van der Waals surface area contributed by atoms with Crippen LogP contribution in [-0.4, -0.2) is 53.8 Å². The summed E-state index contributed by atoms with van der Waals surface area (Å²) in [5.74, 6) is 1.76. The lowest BCUT2D eigenvalue weighted by Crippen LogP contribution is -2.40. The third kappa shape index (κ3) is 6.81. The number of guanidine groups is 1. The molecule has 0 spiro atoms. The fourth-order valence-corrected chi connectivity index (χ4v) is 3.08. The fourth-order valence-electron chi connectivity index (χ4n) is 3.08. The topological polar surface area (TPSA) is 83.8 Å². The molecule has 1 heterocycles. The summed E-state index contributed by atoms with van der Waals surface area (Å²) >= 11 is 0. The summed E-state index contributed by atoms with van der Waals surface area (Å²) in [7, 11) is 5.72. The maximum Gasteiger partial charge on any atom is 0.221 e. The fraction of sp³-hybridized carbons (Fsp3) is 0.476. The molecule has 158 valence electrons. The van der Waals surface area contributed by atoms with Crippen LogP contribution in [0.2, 0.25) is 0 Å². The van der Waals surface area contributed by atoms with Gasteiger partial charge in [-0.05, 0) is 18.1 Å². The van der Waals surface area contributed by atoms with Gasteiger partial charge in [-0.3, -0.25) is 14.5 Å². The maximum absolute atomic E-state index is 11.2. The number of aromatic nitrogens is 2. The number of benzene rings is 1. The molecule has 1 amide bonds. The van der Waals surface area contributed by atoms with E-state index >= 15 is 0 Å². The number of ether oxygens (including phenoxy) is 1. The standard InChI is InChI=1S/C21H32N6O2/c1-15(2)20-17(14-27(6)25-20)13-26(5)21(22-4)23-10-11-29-19-9-7-8-18(12-19)24-16(3)28/h7-9,12,14-15H,10-11,13H2,1-6H3,(H,22,23)(H,24,28). The van der Waals surface area contributed by atoms with Gasteiger partial charge in [0.05, 0.1) is 12.2 Å². The molecule has 0 unspecified atom stereocenters. The minimum Gasteiger partial charge on any atom is -0.492 e. The predicted molar refractivity (Wildman–Crippen MR) is 116 cm³/mol. The van der Waals surface area contributed by atoms with E-state index in [-0.39, 0.29) is 5.91 Å². The van der Waals surface area contributed by atoms with E-state index < -0.39 is 0 Å². The van der Waals surface area contributed by atoms with Crippen molar-refractivity contribution in [2.75, 3.05) is 32.6 Å². The van der Waals surface area contributed by atoms with Crippen molar-refractivity contribution in [2.45, 2.75) is 33.2 Å². The van der Waals surface area contributed by atoms with E-state index in [1.165, 1.54) is 12.5 Å². The van der Waals surface area contributed by atoms with Crippen LogP contribution in [0.3, 0.4) is 0 Å². The van der Waals surface area contributed by atoms with Crippen LogP contribution in [0.25, 0.3) is 0 Å². The molecular weight excluding hydrogens is 368 g/mol. The Morgan fingerprint density at radius 2 is 2.14 bits per heavy atom. The van der Waals surface area contributed by atoms with Gasteiger partial charge in [-0.25, -0.2) is 0 Å². The number of rotatable bonds is 8. The molecular formula is C21H32N6O2. The molecule has 0 fully saturated rings. The second kappa shape index (κ2) is 10.5. The predicted octanol–water partition coefficient (Wildman–Crippen LogP) is 2.59. The Morgan fingerprint density at radius 3 is 2.79 bits per heavy atom. The quantitative estimate of drug-likeness (QED) is 0.404. The summed E-state index contributed by atoms with van der Waals surface area (Å²) in [4.78, 5) is 17.6. The molecule has 8 nitrogen and oxygen atoms in total. The highest BCUT2D eigenvalue weighted by atomic mass is 16.5. The van der Waals surface area contributed by atoms with E-state index in [4.69, 9.17) is 4.74 Å². The first-order valence-corrected chi connectivity index (χ1v) is 9.74. The molecule has 2 N–H and O–H groups in total. The average Bonchev–Trinajstić information content (AvgIpc) is 3.02. The van der Waals surface area contributed by atoms with E-state index in [0.717, 1.165) is 23.9 Å². The summed E-state index contributed by atoms with van der Waals surface area (Å²) in [5.41, 5.74) is 3.02. The molecule has 2 rings (SSSR count). The van der Waals surface area contributed by atoms with Crippen molar-refractivity contribution in [2.24, 2.45) is 12.0 Å². The minimum absolute atomic E-state index is 0.107. The van der Waals surface area contributed by atoms with Crippen molar-refractivity contribution in [1.82, 2.24) is 20.0 Å². The number of anilines is 1. The van der Waals surface area contributed by atoms with Crippen molar-refractivity contribution in [3.05, 3.63) is 41.7 Å². The lowest BCUT2D eigenvalue weighted by molar-refractivity contribution is -0.114. The van der Waals surface area contributed by atoms with Crippen LogP contribution in [0.1, 0.15) is 37.9 Å². The monoisotopic (exact) mass is 400 g/mol. The van der Waals surface area contributed by atoms with Crippen LogP contribution in [0, 0.1) is 0 Å². The Balaban J connectivity index is 1.85. The van der Waals surface area contributed by atoms with Gasteiger partial charge in [-0.1, -0.05) is 19.9 Å². The summed E-state index contributed by atoms with van der Waals surface area (Å²) in [6.45, 7) is 7.58. The zero-order valence-corrected chi connectivity index (χ0v) is 18.2. The molecule has 29 heavy (non-hydrogen) atoms. The summed E-state index contributed by atoms with van der Waals surface area (Å²) < 4.78 is 7.63. The van der Waals surface area contributed by atoms with Crippen molar-refractivity contribution < 1.29 is 9.53 Å². The molecule has 0 aliphatic rings. The second-order valence-corrected chi connectivity index (χ2v) is 7.26. The number of nitrogens with one attached hydrogen (secondary N) is 2. The van der Waals surface area contributed by atoms with Crippen LogP contribution < -0.4 is 15.4 Å². The van der Waals surface area contributed by atoms with Gasteiger partial charge in [0.1, 0.15) is 12.4 Å². The third-order valence-corrected chi connectivity index (χ3v) is 4.27. The van der Waals surface area contributed by atoms with E-state index in [1.807, 2.05) is 37.0 Å². The number of nitrogens with zero attached hydrogens (tertiary/aromatic N) is 4. The molecule has 0 saturated heterocycles. The van der Waals surface area contributed by atoms with Gasteiger partial charge >= 0.3 is 0 Å². The van der Waals surface area contributed by atoms with E-state index in [0.29, 0.717) is 24.8 Å². The van der Waals surface area contributed by atoms with Crippen molar-refractivity contribution >= 4 is 17.6 Å². The molecule has 1 aromatic carbocycles. The van der Waals surface area contributed by atoms with Gasteiger partial charge in [0, 0.05) is 58.1 Å². The van der Waals surface area contributed by atoms with Crippen LogP contribution in [0.4, 0.5) is 5.69 Å². The summed E-state index contributed by atoms with van der Waals surface area (Å²) in [5, 5.41) is 10.6. The molecule has 8 heteroatoms. The highest BCUT2D eigenvalue weighted by Crippen LogP contribution is 2.19. The van der Waals surface area contributed by atoms with Gasteiger partial charge in [0.2, 0.25) is 5.91 Å². The van der Waals surface area contributed by atoms with Gasteiger partial charge in [-0.2, -0.15) is 5.10 Å². The van der Waals surface area contributed by atoms with Crippen molar-refractivity contribution in [1.29, 1.82) is 0 Å². The number of aliphatic imine (C=N–C) groups is 1. The maximum atomic E-state index is 11.2. The molecule has 2 aromatic rings. The Morgan fingerprint density at radius 1 is 1.38 bits per heavy atom. The number of carbonyl (C=O) groups is 1. The number of hydrogen-bond acceptors (Lipinski definition) is 4. The number of amides is 1. The third-order valence-electron chi connectivity index (χ3n) is 4.27. The highest BCUT2D eigenvalue weighted by molar-refractivity contribution is 5.88. The molecule has 0 bridgehead atoms. The van der Waals surface area contributed by atoms with Gasteiger partial charge in [0.25, 0.3) is 0 Å². The lowest BCUT2D eigenvalue weighted by Gasteiger charge is -2.22. The minimum atomic E-state index is -0.107. The number of hydrogen-bond donors (Lipinski definition) is 2. The molecule has 0 aliphatic heterocycles. The average molecular weight is 401 g/mol. The van der Waals surface area contributed by atoms with Crippen LogP contribution in [0.5, 0.6) is 5.75 Å². The smallest absolute Gasteiger partial charge is 0.221 e. The Bertz CT molecular complexity index is 843. The number of carbonyl (C=O) groups excluding carboxylic acids is 1.